The van der Waals surface area contributed by atoms with Crippen molar-refractivity contribution < 1.29 is 36.5 Å². The van der Waals surface area contributed by atoms with Crippen LogP contribution in [-0.4, -0.2) is 61.0 Å². The molecule has 0 radical (unpaired) electrons. The predicted molar refractivity (Wildman–Crippen MR) is 238 cm³/mol. The zero-order valence-corrected chi connectivity index (χ0v) is 39.4. The number of aryl methyl sites for hydroxylation is 6. The Hall–Kier alpha value is -3.78. The van der Waals surface area contributed by atoms with Crippen molar-refractivity contribution in [3.8, 4) is 22.6 Å². The van der Waals surface area contributed by atoms with Gasteiger partial charge in [0.25, 0.3) is 0 Å². The van der Waals surface area contributed by atoms with Crippen LogP contribution in [0.2, 0.25) is 0 Å². The van der Waals surface area contributed by atoms with E-state index >= 15 is 0 Å². The molecule has 2 aliphatic heterocycles. The molecule has 4 atom stereocenters. The molecule has 0 bridgehead atoms. The Kier molecular flexibility index (Phi) is 12.3. The second-order valence-corrected chi connectivity index (χ2v) is 22.6. The minimum Gasteiger partial charge on any atom is -0.507 e. The molecular formula is C48H64N2O8S2. The maximum atomic E-state index is 14.9. The van der Waals surface area contributed by atoms with Crippen LogP contribution in [0.1, 0.15) is 136 Å². The molecule has 2 saturated heterocycles. The van der Waals surface area contributed by atoms with Crippen LogP contribution < -0.4 is 0 Å². The van der Waals surface area contributed by atoms with Crippen LogP contribution in [0.3, 0.4) is 0 Å². The first-order chi connectivity index (χ1) is 27.7. The van der Waals surface area contributed by atoms with Gasteiger partial charge >= 0.3 is 0 Å². The lowest BCUT2D eigenvalue weighted by Crippen LogP contribution is -2.39. The Bertz CT molecular complexity index is 2330. The van der Waals surface area contributed by atoms with E-state index < -0.39 is 55.4 Å². The summed E-state index contributed by atoms with van der Waals surface area (Å²) in [7, 11) is -8.32. The first-order valence-corrected chi connectivity index (χ1v) is 23.8. The van der Waals surface area contributed by atoms with Crippen molar-refractivity contribution in [2.75, 3.05) is 13.2 Å². The summed E-state index contributed by atoms with van der Waals surface area (Å²) in [6.45, 7) is 27.3. The number of ether oxygens (including phenoxy) is 2. The minimum absolute atomic E-state index is 0.121. The summed E-state index contributed by atoms with van der Waals surface area (Å²) in [4.78, 5) is 0.428. The number of sulfonamides is 2. The van der Waals surface area contributed by atoms with Crippen molar-refractivity contribution in [1.82, 2.24) is 8.61 Å². The quantitative estimate of drug-likeness (QED) is 0.170. The van der Waals surface area contributed by atoms with E-state index in [-0.39, 0.29) is 56.8 Å². The highest BCUT2D eigenvalue weighted by Crippen LogP contribution is 2.51. The van der Waals surface area contributed by atoms with Crippen molar-refractivity contribution in [2.45, 2.75) is 155 Å². The van der Waals surface area contributed by atoms with Gasteiger partial charge in [-0.3, -0.25) is 0 Å². The van der Waals surface area contributed by atoms with Crippen LogP contribution in [0, 0.1) is 41.5 Å². The molecule has 6 rings (SSSR count). The molecule has 4 aromatic rings. The Labute approximate surface area is 358 Å². The molecule has 0 aromatic heterocycles. The number of benzene rings is 4. The predicted octanol–water partition coefficient (Wildman–Crippen LogP) is 10.2. The standard InChI is InChI=1S/C48H64N2O8S2/c1-15-35-25-57-45(49(35)59(53,54)43-29(5)17-27(3)18-30(43)6)39-23-33(47(9,10)11)21-37(41(39)51)38-22-34(48(12,13)14)24-40(42(38)52)46-50(36(16-2)26-58-46)60(55,56)44-31(7)19-28(4)20-32(44)8/h17-24,35-36,45-46,51-52H,15-16,25-26H2,1-14H3/t35-,36-,45-,46-/m0/s1. The molecule has 0 unspecified atom stereocenters. The molecule has 2 aliphatic rings. The van der Waals surface area contributed by atoms with Crippen molar-refractivity contribution >= 4 is 20.0 Å². The molecule has 326 valence electrons. The maximum absolute atomic E-state index is 14.9. The van der Waals surface area contributed by atoms with Crippen molar-refractivity contribution in [3.05, 3.63) is 104 Å². The third-order valence-corrected chi connectivity index (χ3v) is 16.5. The third kappa shape index (κ3) is 8.04. The van der Waals surface area contributed by atoms with Gasteiger partial charge in [0.15, 0.2) is 12.5 Å². The second kappa shape index (κ2) is 16.2. The first kappa shape index (κ1) is 45.7. The molecule has 4 aromatic carbocycles. The zero-order valence-electron chi connectivity index (χ0n) is 37.8. The van der Waals surface area contributed by atoms with Gasteiger partial charge in [0.2, 0.25) is 20.0 Å². The second-order valence-electron chi connectivity index (χ2n) is 19.0. The van der Waals surface area contributed by atoms with Crippen LogP contribution in [0.4, 0.5) is 0 Å². The Morgan fingerprint density at radius 3 is 1.12 bits per heavy atom. The monoisotopic (exact) mass is 860 g/mol. The van der Waals surface area contributed by atoms with E-state index in [1.165, 1.54) is 8.61 Å². The average Bonchev–Trinajstić information content (AvgIpc) is 3.75. The summed E-state index contributed by atoms with van der Waals surface area (Å²) in [5, 5.41) is 25.1. The topological polar surface area (TPSA) is 134 Å². The summed E-state index contributed by atoms with van der Waals surface area (Å²) >= 11 is 0. The number of aromatic hydroxyl groups is 2. The molecule has 0 spiro atoms. The molecule has 2 fully saturated rings. The van der Waals surface area contributed by atoms with Gasteiger partial charge in [-0.05, 0) is 123 Å². The largest absolute Gasteiger partial charge is 0.507 e. The smallest absolute Gasteiger partial charge is 0.246 e. The van der Waals surface area contributed by atoms with Gasteiger partial charge in [0.1, 0.15) is 11.5 Å². The van der Waals surface area contributed by atoms with E-state index in [4.69, 9.17) is 9.47 Å². The number of hydrogen-bond donors (Lipinski definition) is 2. The van der Waals surface area contributed by atoms with E-state index in [9.17, 15) is 27.0 Å². The Morgan fingerprint density at radius 2 is 0.850 bits per heavy atom. The van der Waals surface area contributed by atoms with E-state index in [1.54, 1.807) is 39.8 Å². The van der Waals surface area contributed by atoms with E-state index in [0.717, 1.165) is 22.3 Å². The van der Waals surface area contributed by atoms with Gasteiger partial charge in [-0.2, -0.15) is 8.61 Å². The number of phenols is 2. The fourth-order valence-electron chi connectivity index (χ4n) is 9.10. The van der Waals surface area contributed by atoms with Gasteiger partial charge in [0.05, 0.1) is 35.1 Å². The first-order valence-electron chi connectivity index (χ1n) is 21.0. The normalized spacial score (nSPS) is 21.0. The summed E-state index contributed by atoms with van der Waals surface area (Å²) in [6, 6.07) is 13.7. The summed E-state index contributed by atoms with van der Waals surface area (Å²) in [5.41, 5.74) is 5.99. The minimum atomic E-state index is -4.16. The van der Waals surface area contributed by atoms with Gasteiger partial charge in [0, 0.05) is 22.3 Å². The highest BCUT2D eigenvalue weighted by atomic mass is 32.2. The molecule has 60 heavy (non-hydrogen) atoms. The molecule has 2 N–H and O–H groups in total. The lowest BCUT2D eigenvalue weighted by atomic mass is 9.80. The fraction of sp³-hybridized carbons (Fsp3) is 0.500. The van der Waals surface area contributed by atoms with Gasteiger partial charge in [-0.1, -0.05) is 90.8 Å². The molecule has 2 heterocycles. The van der Waals surface area contributed by atoms with Crippen LogP contribution in [0.5, 0.6) is 11.5 Å². The van der Waals surface area contributed by atoms with Gasteiger partial charge < -0.3 is 19.7 Å². The molecule has 0 aliphatic carbocycles. The molecule has 0 amide bonds. The van der Waals surface area contributed by atoms with E-state index in [0.29, 0.717) is 35.1 Å². The lowest BCUT2D eigenvalue weighted by molar-refractivity contribution is 0.0654. The number of hydrogen-bond acceptors (Lipinski definition) is 8. The Morgan fingerprint density at radius 1 is 0.550 bits per heavy atom. The lowest BCUT2D eigenvalue weighted by Gasteiger charge is -2.32. The van der Waals surface area contributed by atoms with Crippen LogP contribution in [-0.2, 0) is 40.4 Å². The fourth-order valence-corrected chi connectivity index (χ4v) is 13.4. The zero-order chi connectivity index (χ0) is 44.6. The van der Waals surface area contributed by atoms with Crippen LogP contribution in [0.15, 0.2) is 58.3 Å². The van der Waals surface area contributed by atoms with Gasteiger partial charge in [-0.15, -0.1) is 0 Å². The van der Waals surface area contributed by atoms with Crippen molar-refractivity contribution in [2.24, 2.45) is 0 Å². The molecule has 0 saturated carbocycles. The number of nitrogens with zero attached hydrogens (tertiary/aromatic N) is 2. The maximum Gasteiger partial charge on any atom is 0.246 e. The number of phenolic OH excluding ortho intramolecular Hbond substituents is 2. The van der Waals surface area contributed by atoms with Crippen LogP contribution in [0.25, 0.3) is 11.1 Å². The Balaban J connectivity index is 1.61. The summed E-state index contributed by atoms with van der Waals surface area (Å²) in [5.74, 6) is -0.493. The molecular weight excluding hydrogens is 797 g/mol. The van der Waals surface area contributed by atoms with E-state index in [1.807, 2.05) is 106 Å². The molecule has 12 heteroatoms. The SMILES string of the molecule is CC[C@H]1CO[C@@H](c2cc(C(C)(C)C)cc(-c3cc(C(C)(C)C)cc([C@@H]4OC[C@H](CC)N4S(=O)(=O)c4c(C)cc(C)cc4C)c3O)c2O)N1S(=O)(=O)c1c(C)cc(C)cc1C. The highest BCUT2D eigenvalue weighted by molar-refractivity contribution is 7.89. The van der Waals surface area contributed by atoms with E-state index in [2.05, 4.69) is 0 Å². The van der Waals surface area contributed by atoms with Crippen molar-refractivity contribution in [1.29, 1.82) is 0 Å². The molecule has 10 nitrogen and oxygen atoms in total. The van der Waals surface area contributed by atoms with Crippen LogP contribution >= 0.6 is 0 Å². The highest BCUT2D eigenvalue weighted by Gasteiger charge is 2.48. The van der Waals surface area contributed by atoms with Gasteiger partial charge in [-0.25, -0.2) is 16.8 Å². The summed E-state index contributed by atoms with van der Waals surface area (Å²) < 4.78 is 75.1. The third-order valence-electron chi connectivity index (χ3n) is 12.1. The number of rotatable bonds is 9. The average molecular weight is 861 g/mol. The van der Waals surface area contributed by atoms with Crippen molar-refractivity contribution in [3.63, 3.8) is 0 Å². The summed E-state index contributed by atoms with van der Waals surface area (Å²) in [6.07, 6.45) is -1.41.